The number of amides is 2. The first-order valence-electron chi connectivity index (χ1n) is 10.4. The topological polar surface area (TPSA) is 100 Å². The minimum atomic E-state index is -2.97. The molecule has 2 aromatic rings. The molecule has 3 rings (SSSR count). The average molecular weight is 492 g/mol. The normalized spacial score (nSPS) is 14.5. The Balaban J connectivity index is 1.92. The van der Waals surface area contributed by atoms with Gasteiger partial charge in [0.05, 0.1) is 18.0 Å². The van der Waals surface area contributed by atoms with Crippen LogP contribution in [0.4, 0.5) is 14.5 Å². The molecule has 2 aromatic carbocycles. The fraction of sp³-hybridized carbons (Fsp3) is 0.261. The molecule has 0 aromatic heterocycles. The molecular weight excluding hydrogens is 468 g/mol. The summed E-state index contributed by atoms with van der Waals surface area (Å²) in [6.45, 7) is 1.43. The maximum absolute atomic E-state index is 13.2. The first kappa shape index (κ1) is 25.0. The highest BCUT2D eigenvalue weighted by atomic mass is 32.2. The van der Waals surface area contributed by atoms with Crippen LogP contribution in [0.2, 0.25) is 0 Å². The van der Waals surface area contributed by atoms with Crippen LogP contribution in [0.1, 0.15) is 19.4 Å². The summed E-state index contributed by atoms with van der Waals surface area (Å²) < 4.78 is 34.7. The molecule has 8 nitrogen and oxygen atoms in total. The molecular formula is C23H23F2N3O5S. The second kappa shape index (κ2) is 11.5. The van der Waals surface area contributed by atoms with Gasteiger partial charge in [0, 0.05) is 6.54 Å². The molecule has 180 valence electrons. The number of benzene rings is 2. The van der Waals surface area contributed by atoms with Crippen LogP contribution >= 0.6 is 11.8 Å². The number of phenolic OH excluding ortho intramolecular Hbond substituents is 1. The zero-order valence-corrected chi connectivity index (χ0v) is 19.3. The van der Waals surface area contributed by atoms with E-state index in [0.717, 1.165) is 11.8 Å². The van der Waals surface area contributed by atoms with Gasteiger partial charge in [0.15, 0.2) is 16.7 Å². The van der Waals surface area contributed by atoms with Gasteiger partial charge < -0.3 is 19.9 Å². The molecule has 34 heavy (non-hydrogen) atoms. The Labute approximate surface area is 199 Å². The molecule has 0 unspecified atom stereocenters. The third kappa shape index (κ3) is 6.25. The van der Waals surface area contributed by atoms with Gasteiger partial charge in [0.2, 0.25) is 5.91 Å². The van der Waals surface area contributed by atoms with Crippen LogP contribution in [0.25, 0.3) is 6.08 Å². The predicted octanol–water partition coefficient (Wildman–Crippen LogP) is 4.01. The Morgan fingerprint density at radius 1 is 1.24 bits per heavy atom. The van der Waals surface area contributed by atoms with Gasteiger partial charge in [0.1, 0.15) is 11.4 Å². The summed E-state index contributed by atoms with van der Waals surface area (Å²) in [7, 11) is 0. The molecule has 1 aliphatic rings. The van der Waals surface area contributed by atoms with E-state index in [0.29, 0.717) is 24.4 Å². The van der Waals surface area contributed by atoms with Crippen molar-refractivity contribution in [1.82, 2.24) is 5.32 Å². The smallest absolute Gasteiger partial charge is 0.387 e. The minimum Gasteiger partial charge on any atom is -0.504 e. The van der Waals surface area contributed by atoms with Gasteiger partial charge in [-0.1, -0.05) is 17.8 Å². The quantitative estimate of drug-likeness (QED) is 0.515. The van der Waals surface area contributed by atoms with Gasteiger partial charge in [-0.05, 0) is 61.9 Å². The van der Waals surface area contributed by atoms with E-state index in [9.17, 15) is 23.5 Å². The van der Waals surface area contributed by atoms with Crippen molar-refractivity contribution in [2.75, 3.05) is 23.8 Å². The fourth-order valence-corrected chi connectivity index (χ4v) is 3.87. The monoisotopic (exact) mass is 491 g/mol. The number of nitrogens with one attached hydrogen (secondary N) is 1. The molecule has 0 fully saturated rings. The predicted molar refractivity (Wildman–Crippen MR) is 126 cm³/mol. The van der Waals surface area contributed by atoms with E-state index in [1.165, 1.54) is 41.3 Å². The lowest BCUT2D eigenvalue weighted by atomic mass is 10.1. The number of ether oxygens (including phenoxy) is 2. The third-order valence-electron chi connectivity index (χ3n) is 4.44. The number of anilines is 1. The number of phenols is 1. The van der Waals surface area contributed by atoms with Gasteiger partial charge in [-0.3, -0.25) is 14.5 Å². The number of nitrogens with zero attached hydrogens (tertiary/aromatic N) is 2. The van der Waals surface area contributed by atoms with Crippen molar-refractivity contribution in [2.24, 2.45) is 4.99 Å². The van der Waals surface area contributed by atoms with Crippen LogP contribution in [-0.2, 0) is 9.59 Å². The van der Waals surface area contributed by atoms with Gasteiger partial charge >= 0.3 is 6.61 Å². The highest BCUT2D eigenvalue weighted by Crippen LogP contribution is 2.32. The van der Waals surface area contributed by atoms with E-state index in [2.05, 4.69) is 15.0 Å². The van der Waals surface area contributed by atoms with Crippen molar-refractivity contribution in [1.29, 1.82) is 0 Å². The summed E-state index contributed by atoms with van der Waals surface area (Å²) >= 11 is 1.07. The maximum Gasteiger partial charge on any atom is 0.387 e. The minimum absolute atomic E-state index is 0.0313. The van der Waals surface area contributed by atoms with Crippen molar-refractivity contribution in [3.63, 3.8) is 0 Å². The highest BCUT2D eigenvalue weighted by Gasteiger charge is 2.32. The number of alkyl halides is 2. The molecule has 0 aliphatic carbocycles. The lowest BCUT2D eigenvalue weighted by molar-refractivity contribution is -0.118. The molecule has 0 saturated heterocycles. The highest BCUT2D eigenvalue weighted by molar-refractivity contribution is 8.14. The summed E-state index contributed by atoms with van der Waals surface area (Å²) in [5, 5.41) is 12.8. The summed E-state index contributed by atoms with van der Waals surface area (Å²) in [6.07, 6.45) is 1.53. The standard InChI is InChI=1S/C23H23F2N3O5S/c1-3-26-20(30)13-34-23-27-17(11-14-5-10-18(29)19(12-14)32-4-2)21(31)28(23)15-6-8-16(9-7-15)33-22(24)25/h5-12,22,29H,3-4,13H2,1-2H3,(H,26,30)/b17-11+. The van der Waals surface area contributed by atoms with Crippen LogP contribution in [0.3, 0.4) is 0 Å². The largest absolute Gasteiger partial charge is 0.504 e. The van der Waals surface area contributed by atoms with Gasteiger partial charge in [-0.2, -0.15) is 8.78 Å². The lowest BCUT2D eigenvalue weighted by Crippen LogP contribution is -2.32. The zero-order chi connectivity index (χ0) is 24.7. The number of aliphatic imine (C=N–C) groups is 1. The number of hydrogen-bond acceptors (Lipinski definition) is 7. The van der Waals surface area contributed by atoms with Gasteiger partial charge in [0.25, 0.3) is 5.91 Å². The van der Waals surface area contributed by atoms with Crippen LogP contribution in [-0.4, -0.2) is 47.6 Å². The van der Waals surface area contributed by atoms with Crippen molar-refractivity contribution >= 4 is 40.5 Å². The summed E-state index contributed by atoms with van der Waals surface area (Å²) in [5.41, 5.74) is 1.04. The average Bonchev–Trinajstić information content (AvgIpc) is 3.10. The Kier molecular flexibility index (Phi) is 8.47. The van der Waals surface area contributed by atoms with E-state index in [1.807, 2.05) is 0 Å². The third-order valence-corrected chi connectivity index (χ3v) is 5.38. The van der Waals surface area contributed by atoms with E-state index in [1.54, 1.807) is 26.0 Å². The molecule has 0 radical (unpaired) electrons. The maximum atomic E-state index is 13.2. The number of rotatable bonds is 9. The van der Waals surface area contributed by atoms with E-state index < -0.39 is 12.5 Å². The molecule has 2 amide bonds. The first-order valence-corrected chi connectivity index (χ1v) is 11.4. The summed E-state index contributed by atoms with van der Waals surface area (Å²) in [5.74, 6) is -0.473. The molecule has 0 atom stereocenters. The number of amidine groups is 1. The number of aromatic hydroxyl groups is 1. The SMILES string of the molecule is CCNC(=O)CSC1=N/C(=C/c2ccc(O)c(OCC)c2)C(=O)N1c1ccc(OC(F)F)cc1. The lowest BCUT2D eigenvalue weighted by Gasteiger charge is -2.18. The molecule has 2 N–H and O–H groups in total. The molecule has 0 bridgehead atoms. The number of carbonyl (C=O) groups excluding carboxylic acids is 2. The molecule has 1 aliphatic heterocycles. The van der Waals surface area contributed by atoms with Crippen molar-refractivity contribution in [3.8, 4) is 17.2 Å². The first-order chi connectivity index (χ1) is 16.3. The molecule has 1 heterocycles. The molecule has 0 saturated carbocycles. The molecule has 0 spiro atoms. The second-order valence-electron chi connectivity index (χ2n) is 6.84. The number of halogens is 2. The van der Waals surface area contributed by atoms with Gasteiger partial charge in [-0.25, -0.2) is 4.99 Å². The summed E-state index contributed by atoms with van der Waals surface area (Å²) in [6, 6.07) is 10.2. The Bertz CT molecular complexity index is 1110. The fourth-order valence-electron chi connectivity index (χ4n) is 3.03. The second-order valence-corrected chi connectivity index (χ2v) is 7.78. The Morgan fingerprint density at radius 3 is 2.62 bits per heavy atom. The van der Waals surface area contributed by atoms with Crippen molar-refractivity contribution in [2.45, 2.75) is 20.5 Å². The molecule has 11 heteroatoms. The summed E-state index contributed by atoms with van der Waals surface area (Å²) in [4.78, 5) is 30.9. The number of hydrogen-bond donors (Lipinski definition) is 2. The van der Waals surface area contributed by atoms with E-state index >= 15 is 0 Å². The van der Waals surface area contributed by atoms with E-state index in [4.69, 9.17) is 4.74 Å². The van der Waals surface area contributed by atoms with Crippen LogP contribution in [0.5, 0.6) is 17.2 Å². The Hall–Kier alpha value is -3.60. The van der Waals surface area contributed by atoms with Crippen molar-refractivity contribution < 1.29 is 33.0 Å². The van der Waals surface area contributed by atoms with Gasteiger partial charge in [-0.15, -0.1) is 0 Å². The van der Waals surface area contributed by atoms with Crippen LogP contribution < -0.4 is 19.7 Å². The van der Waals surface area contributed by atoms with Crippen molar-refractivity contribution in [3.05, 3.63) is 53.7 Å². The number of thioether (sulfide) groups is 1. The Morgan fingerprint density at radius 2 is 1.97 bits per heavy atom. The zero-order valence-electron chi connectivity index (χ0n) is 18.5. The number of carbonyl (C=O) groups is 2. The van der Waals surface area contributed by atoms with E-state index in [-0.39, 0.29) is 39.8 Å². The van der Waals surface area contributed by atoms with Crippen LogP contribution in [0.15, 0.2) is 53.2 Å². The van der Waals surface area contributed by atoms with Crippen LogP contribution in [0, 0.1) is 0 Å².